The van der Waals surface area contributed by atoms with E-state index in [0.717, 1.165) is 48.4 Å². The number of nitrogens with zero attached hydrogens (tertiary/aromatic N) is 4. The summed E-state index contributed by atoms with van der Waals surface area (Å²) in [6.07, 6.45) is 5.07. The number of carbonyl (C=O) groups excluding carboxylic acids is 1. The van der Waals surface area contributed by atoms with Crippen LogP contribution in [0.5, 0.6) is 0 Å². The van der Waals surface area contributed by atoms with Gasteiger partial charge < -0.3 is 9.47 Å². The van der Waals surface area contributed by atoms with Crippen LogP contribution in [0.15, 0.2) is 41.3 Å². The monoisotopic (exact) mass is 364 g/mol. The van der Waals surface area contributed by atoms with E-state index in [2.05, 4.69) is 5.10 Å². The zero-order chi connectivity index (χ0) is 19.0. The van der Waals surface area contributed by atoms with Crippen LogP contribution < -0.4 is 5.56 Å². The Hall–Kier alpha value is -2.89. The number of hydrogen-bond donors (Lipinski definition) is 0. The van der Waals surface area contributed by atoms with Crippen molar-refractivity contribution in [2.24, 2.45) is 0 Å². The molecule has 0 radical (unpaired) electrons. The molecule has 6 heteroatoms. The molecule has 1 aromatic carbocycles. The van der Waals surface area contributed by atoms with Crippen LogP contribution in [0.3, 0.4) is 0 Å². The Labute approximate surface area is 158 Å². The molecule has 0 unspecified atom stereocenters. The van der Waals surface area contributed by atoms with Crippen molar-refractivity contribution in [1.29, 1.82) is 0 Å². The van der Waals surface area contributed by atoms with Gasteiger partial charge >= 0.3 is 0 Å². The van der Waals surface area contributed by atoms with Gasteiger partial charge in [0.05, 0.1) is 17.3 Å². The normalized spacial score (nSPS) is 14.7. The number of piperidine rings is 1. The molecular weight excluding hydrogens is 340 g/mol. The topological polar surface area (TPSA) is 60.1 Å². The van der Waals surface area contributed by atoms with Crippen molar-refractivity contribution in [3.63, 3.8) is 0 Å². The van der Waals surface area contributed by atoms with Gasteiger partial charge in [0.15, 0.2) is 0 Å². The summed E-state index contributed by atoms with van der Waals surface area (Å²) in [4.78, 5) is 27.8. The molecule has 1 fully saturated rings. The molecule has 0 N–H and O–H groups in total. The zero-order valence-corrected chi connectivity index (χ0v) is 15.8. The predicted octanol–water partition coefficient (Wildman–Crippen LogP) is 2.82. The molecule has 0 spiro atoms. The largest absolute Gasteiger partial charge is 0.341 e. The first kappa shape index (κ1) is 17.5. The molecule has 1 aliphatic heterocycles. The van der Waals surface area contributed by atoms with E-state index in [1.54, 1.807) is 6.20 Å². The van der Waals surface area contributed by atoms with Crippen LogP contribution in [-0.2, 0) is 11.3 Å². The quantitative estimate of drug-likeness (QED) is 0.718. The van der Waals surface area contributed by atoms with Crippen molar-refractivity contribution in [1.82, 2.24) is 19.2 Å². The molecule has 0 saturated carbocycles. The van der Waals surface area contributed by atoms with Crippen LogP contribution in [0.25, 0.3) is 16.5 Å². The van der Waals surface area contributed by atoms with E-state index in [4.69, 9.17) is 0 Å². The summed E-state index contributed by atoms with van der Waals surface area (Å²) < 4.78 is 3.38. The molecule has 3 aromatic rings. The minimum atomic E-state index is -0.150. The third kappa shape index (κ3) is 3.05. The standard InChI is InChI=1S/C21H24N4O2/c1-15-18-13-22-25(17-9-5-3-6-10-17)21(27)20(18)16(2)24(15)14-19(26)23-11-7-4-8-12-23/h3,5-6,9-10,13H,4,7-8,11-12,14H2,1-2H3. The van der Waals surface area contributed by atoms with Crippen LogP contribution in [0.4, 0.5) is 0 Å². The van der Waals surface area contributed by atoms with E-state index in [1.165, 1.54) is 11.1 Å². The summed E-state index contributed by atoms with van der Waals surface area (Å²) in [5, 5.41) is 5.81. The van der Waals surface area contributed by atoms with Crippen LogP contribution >= 0.6 is 0 Å². The second kappa shape index (κ2) is 7.02. The summed E-state index contributed by atoms with van der Waals surface area (Å²) >= 11 is 0. The number of para-hydroxylation sites is 1. The lowest BCUT2D eigenvalue weighted by Gasteiger charge is -2.27. The minimum absolute atomic E-state index is 0.123. The zero-order valence-electron chi connectivity index (χ0n) is 15.8. The fourth-order valence-corrected chi connectivity index (χ4v) is 3.98. The first-order chi connectivity index (χ1) is 13.1. The molecule has 1 aliphatic rings. The molecule has 1 saturated heterocycles. The molecule has 0 bridgehead atoms. The fraction of sp³-hybridized carbons (Fsp3) is 0.381. The Balaban J connectivity index is 1.76. The molecule has 0 aliphatic carbocycles. The maximum Gasteiger partial charge on any atom is 0.281 e. The summed E-state index contributed by atoms with van der Waals surface area (Å²) in [6, 6.07) is 9.40. The average Bonchev–Trinajstić information content (AvgIpc) is 2.95. The van der Waals surface area contributed by atoms with Crippen molar-refractivity contribution in [2.45, 2.75) is 39.7 Å². The van der Waals surface area contributed by atoms with Gasteiger partial charge in [0.2, 0.25) is 5.91 Å². The number of benzene rings is 1. The summed E-state index contributed by atoms with van der Waals surface area (Å²) in [5.41, 5.74) is 2.32. The lowest BCUT2D eigenvalue weighted by Crippen LogP contribution is -2.38. The van der Waals surface area contributed by atoms with E-state index in [0.29, 0.717) is 5.39 Å². The van der Waals surface area contributed by atoms with Gasteiger partial charge in [0.1, 0.15) is 6.54 Å². The second-order valence-electron chi connectivity index (χ2n) is 7.18. The Morgan fingerprint density at radius 3 is 2.44 bits per heavy atom. The molecule has 2 aromatic heterocycles. The first-order valence-electron chi connectivity index (χ1n) is 9.49. The molecule has 4 rings (SSSR count). The minimum Gasteiger partial charge on any atom is -0.341 e. The summed E-state index contributed by atoms with van der Waals surface area (Å²) in [5.74, 6) is 0.123. The number of rotatable bonds is 3. The highest BCUT2D eigenvalue weighted by Crippen LogP contribution is 2.23. The average molecular weight is 364 g/mol. The van der Waals surface area contributed by atoms with E-state index < -0.39 is 0 Å². The molecule has 3 heterocycles. The van der Waals surface area contributed by atoms with Gasteiger partial charge in [0.25, 0.3) is 5.56 Å². The van der Waals surface area contributed by atoms with E-state index >= 15 is 0 Å². The van der Waals surface area contributed by atoms with Gasteiger partial charge in [-0.2, -0.15) is 9.78 Å². The Morgan fingerprint density at radius 2 is 1.74 bits per heavy atom. The lowest BCUT2D eigenvalue weighted by atomic mass is 10.1. The molecule has 0 atom stereocenters. The highest BCUT2D eigenvalue weighted by molar-refractivity contribution is 5.88. The molecular formula is C21H24N4O2. The highest BCUT2D eigenvalue weighted by Gasteiger charge is 2.21. The van der Waals surface area contributed by atoms with Gasteiger partial charge in [-0.25, -0.2) is 0 Å². The van der Waals surface area contributed by atoms with E-state index in [1.807, 2.05) is 53.6 Å². The number of hydrogen-bond acceptors (Lipinski definition) is 3. The van der Waals surface area contributed by atoms with Crippen LogP contribution in [0, 0.1) is 13.8 Å². The van der Waals surface area contributed by atoms with Crippen molar-refractivity contribution in [3.8, 4) is 5.69 Å². The van der Waals surface area contributed by atoms with Crippen LogP contribution in [0.1, 0.15) is 30.7 Å². The maximum atomic E-state index is 13.1. The maximum absolute atomic E-state index is 13.1. The van der Waals surface area contributed by atoms with Crippen molar-refractivity contribution < 1.29 is 4.79 Å². The fourth-order valence-electron chi connectivity index (χ4n) is 3.98. The number of amides is 1. The van der Waals surface area contributed by atoms with E-state index in [-0.39, 0.29) is 18.0 Å². The number of aromatic nitrogens is 3. The number of likely N-dealkylation sites (tertiary alicyclic amines) is 1. The Morgan fingerprint density at radius 1 is 1.04 bits per heavy atom. The predicted molar refractivity (Wildman–Crippen MR) is 105 cm³/mol. The van der Waals surface area contributed by atoms with Crippen LogP contribution in [-0.4, -0.2) is 38.2 Å². The Kier molecular flexibility index (Phi) is 4.56. The Bertz CT molecular complexity index is 1040. The SMILES string of the molecule is Cc1c2cnn(-c3ccccc3)c(=O)c2c(C)n1CC(=O)N1CCCCC1. The molecule has 1 amide bonds. The van der Waals surface area contributed by atoms with Crippen molar-refractivity contribution in [2.75, 3.05) is 13.1 Å². The molecule has 6 nitrogen and oxygen atoms in total. The molecule has 27 heavy (non-hydrogen) atoms. The summed E-state index contributed by atoms with van der Waals surface area (Å²) in [7, 11) is 0. The second-order valence-corrected chi connectivity index (χ2v) is 7.18. The van der Waals surface area contributed by atoms with Gasteiger partial charge in [-0.15, -0.1) is 0 Å². The van der Waals surface area contributed by atoms with Gasteiger partial charge in [-0.05, 0) is 45.2 Å². The number of carbonyl (C=O) groups is 1. The van der Waals surface area contributed by atoms with Crippen LogP contribution in [0.2, 0.25) is 0 Å². The molecule has 140 valence electrons. The smallest absolute Gasteiger partial charge is 0.281 e. The van der Waals surface area contributed by atoms with Gasteiger partial charge in [-0.1, -0.05) is 18.2 Å². The van der Waals surface area contributed by atoms with Gasteiger partial charge in [0, 0.05) is 29.9 Å². The van der Waals surface area contributed by atoms with Gasteiger partial charge in [-0.3, -0.25) is 9.59 Å². The van der Waals surface area contributed by atoms with Crippen molar-refractivity contribution >= 4 is 16.7 Å². The highest BCUT2D eigenvalue weighted by atomic mass is 16.2. The third-order valence-corrected chi connectivity index (χ3v) is 5.54. The van der Waals surface area contributed by atoms with E-state index in [9.17, 15) is 9.59 Å². The first-order valence-corrected chi connectivity index (χ1v) is 9.49. The summed E-state index contributed by atoms with van der Waals surface area (Å²) in [6.45, 7) is 5.81. The number of fused-ring (bicyclic) bond motifs is 1. The third-order valence-electron chi connectivity index (χ3n) is 5.54. The number of aryl methyl sites for hydroxylation is 2. The lowest BCUT2D eigenvalue weighted by molar-refractivity contribution is -0.132. The van der Waals surface area contributed by atoms with Crippen molar-refractivity contribution in [3.05, 3.63) is 58.3 Å².